The topological polar surface area (TPSA) is 74.5 Å². The van der Waals surface area contributed by atoms with Crippen LogP contribution >= 0.6 is 15.9 Å². The molecule has 1 aromatic carbocycles. The Morgan fingerprint density at radius 1 is 1.11 bits per heavy atom. The summed E-state index contributed by atoms with van der Waals surface area (Å²) >= 11 is 3.40. The summed E-state index contributed by atoms with van der Waals surface area (Å²) in [6.07, 6.45) is 3.43. The lowest BCUT2D eigenvalue weighted by Crippen LogP contribution is -1.99. The van der Waals surface area contributed by atoms with E-state index in [2.05, 4.69) is 31.3 Å². The number of nitrogens with zero attached hydrogens (tertiary/aromatic N) is 5. The van der Waals surface area contributed by atoms with Crippen LogP contribution in [0.3, 0.4) is 0 Å². The fraction of sp³-hybridized carbons (Fsp3) is 0. The minimum absolute atomic E-state index is 0.474. The highest BCUT2D eigenvalue weighted by molar-refractivity contribution is 9.10. The molecule has 0 radical (unpaired) electrons. The van der Waals surface area contributed by atoms with Crippen LogP contribution in [0.5, 0.6) is 0 Å². The minimum Gasteiger partial charge on any atom is -0.382 e. The smallest absolute Gasteiger partial charge is 0.147 e. The van der Waals surface area contributed by atoms with E-state index >= 15 is 0 Å². The van der Waals surface area contributed by atoms with Gasteiger partial charge < -0.3 is 5.73 Å². The van der Waals surface area contributed by atoms with Gasteiger partial charge in [-0.1, -0.05) is 5.21 Å². The van der Waals surface area contributed by atoms with Gasteiger partial charge in [0.1, 0.15) is 10.4 Å². The van der Waals surface area contributed by atoms with Crippen LogP contribution < -0.4 is 5.73 Å². The molecule has 3 rings (SSSR count). The molecule has 90 valence electrons. The molecule has 0 bridgehead atoms. The lowest BCUT2D eigenvalue weighted by atomic mass is 10.3. The van der Waals surface area contributed by atoms with Gasteiger partial charge in [0.25, 0.3) is 0 Å². The molecule has 0 atom stereocenters. The summed E-state index contributed by atoms with van der Waals surface area (Å²) in [4.78, 5) is 0. The summed E-state index contributed by atoms with van der Waals surface area (Å²) in [6.45, 7) is 0. The average Bonchev–Trinajstić information content (AvgIpc) is 2.99. The minimum atomic E-state index is 0.474. The molecule has 0 unspecified atom stereocenters. The first-order chi connectivity index (χ1) is 8.74. The molecule has 18 heavy (non-hydrogen) atoms. The highest BCUT2D eigenvalue weighted by Gasteiger charge is 2.05. The zero-order chi connectivity index (χ0) is 12.5. The molecule has 2 heterocycles. The Balaban J connectivity index is 1.99. The van der Waals surface area contributed by atoms with Crippen molar-refractivity contribution in [1.82, 2.24) is 24.8 Å². The lowest BCUT2D eigenvalue weighted by molar-refractivity contribution is 0.801. The van der Waals surface area contributed by atoms with Gasteiger partial charge in [0, 0.05) is 6.07 Å². The predicted molar refractivity (Wildman–Crippen MR) is 70.6 cm³/mol. The Morgan fingerprint density at radius 2 is 1.83 bits per heavy atom. The number of halogens is 1. The maximum absolute atomic E-state index is 5.64. The number of hydrogen-bond donors (Lipinski definition) is 1. The van der Waals surface area contributed by atoms with Gasteiger partial charge in [-0.05, 0) is 40.2 Å². The molecule has 3 aromatic rings. The van der Waals surface area contributed by atoms with Crippen molar-refractivity contribution in [2.45, 2.75) is 0 Å². The molecular weight excluding hydrogens is 296 g/mol. The van der Waals surface area contributed by atoms with Gasteiger partial charge in [-0.25, -0.2) is 9.36 Å². The van der Waals surface area contributed by atoms with E-state index in [0.717, 1.165) is 16.0 Å². The van der Waals surface area contributed by atoms with E-state index in [4.69, 9.17) is 5.73 Å². The van der Waals surface area contributed by atoms with Crippen LogP contribution in [-0.2, 0) is 0 Å². The molecule has 2 aromatic heterocycles. The van der Waals surface area contributed by atoms with Crippen LogP contribution in [0.1, 0.15) is 0 Å². The van der Waals surface area contributed by atoms with E-state index in [1.807, 2.05) is 24.3 Å². The monoisotopic (exact) mass is 304 g/mol. The molecule has 0 saturated carbocycles. The Bertz CT molecular complexity index is 655. The van der Waals surface area contributed by atoms with Crippen molar-refractivity contribution in [2.75, 3.05) is 5.73 Å². The van der Waals surface area contributed by atoms with Crippen molar-refractivity contribution in [3.8, 4) is 11.4 Å². The second-order valence-corrected chi connectivity index (χ2v) is 4.48. The summed E-state index contributed by atoms with van der Waals surface area (Å²) in [5.41, 5.74) is 7.50. The standard InChI is InChI=1S/C11H9BrN6/c12-10-7-11(13)15-18(10)9-3-1-8(2-4-9)17-6-5-14-16-17/h1-7H,(H2,13,15). The molecule has 6 nitrogen and oxygen atoms in total. The SMILES string of the molecule is Nc1cc(Br)n(-c2ccc(-n3ccnn3)cc2)n1. The number of hydrogen-bond acceptors (Lipinski definition) is 4. The summed E-state index contributed by atoms with van der Waals surface area (Å²) in [6, 6.07) is 9.51. The third kappa shape index (κ3) is 1.88. The van der Waals surface area contributed by atoms with Gasteiger partial charge in [-0.2, -0.15) is 0 Å². The van der Waals surface area contributed by atoms with Crippen molar-refractivity contribution in [3.63, 3.8) is 0 Å². The van der Waals surface area contributed by atoms with Crippen molar-refractivity contribution in [3.05, 3.63) is 47.3 Å². The normalized spacial score (nSPS) is 10.7. The van der Waals surface area contributed by atoms with E-state index in [9.17, 15) is 0 Å². The third-order valence-corrected chi connectivity index (χ3v) is 3.03. The van der Waals surface area contributed by atoms with Crippen LogP contribution in [0.2, 0.25) is 0 Å². The Kier molecular flexibility index (Phi) is 2.60. The first-order valence-electron chi connectivity index (χ1n) is 5.22. The fourth-order valence-corrected chi connectivity index (χ4v) is 2.17. The van der Waals surface area contributed by atoms with E-state index in [1.165, 1.54) is 0 Å². The van der Waals surface area contributed by atoms with E-state index in [-0.39, 0.29) is 0 Å². The molecule has 0 spiro atoms. The quantitative estimate of drug-likeness (QED) is 0.783. The molecule has 0 saturated heterocycles. The number of anilines is 1. The molecule has 0 aliphatic heterocycles. The first-order valence-corrected chi connectivity index (χ1v) is 6.01. The number of benzene rings is 1. The molecule has 2 N–H and O–H groups in total. The van der Waals surface area contributed by atoms with Crippen LogP contribution in [-0.4, -0.2) is 24.8 Å². The maximum Gasteiger partial charge on any atom is 0.147 e. The van der Waals surface area contributed by atoms with E-state index in [1.54, 1.807) is 27.8 Å². The lowest BCUT2D eigenvalue weighted by Gasteiger charge is -2.05. The highest BCUT2D eigenvalue weighted by atomic mass is 79.9. The van der Waals surface area contributed by atoms with Gasteiger partial charge in [-0.3, -0.25) is 0 Å². The van der Waals surface area contributed by atoms with Crippen LogP contribution in [0.15, 0.2) is 47.3 Å². The summed E-state index contributed by atoms with van der Waals surface area (Å²) < 4.78 is 4.23. The predicted octanol–water partition coefficient (Wildman–Crippen LogP) is 1.80. The van der Waals surface area contributed by atoms with Gasteiger partial charge >= 0.3 is 0 Å². The largest absolute Gasteiger partial charge is 0.382 e. The number of nitrogen functional groups attached to an aromatic ring is 1. The van der Waals surface area contributed by atoms with Crippen LogP contribution in [0.25, 0.3) is 11.4 Å². The second kappa shape index (κ2) is 4.26. The second-order valence-electron chi connectivity index (χ2n) is 3.67. The molecular formula is C11H9BrN6. The Morgan fingerprint density at radius 3 is 2.39 bits per heavy atom. The van der Waals surface area contributed by atoms with Gasteiger partial charge in [-0.15, -0.1) is 10.2 Å². The van der Waals surface area contributed by atoms with Gasteiger partial charge in [0.2, 0.25) is 0 Å². The highest BCUT2D eigenvalue weighted by Crippen LogP contribution is 2.19. The van der Waals surface area contributed by atoms with Crippen LogP contribution in [0, 0.1) is 0 Å². The number of nitrogens with two attached hydrogens (primary N) is 1. The van der Waals surface area contributed by atoms with Crippen molar-refractivity contribution in [2.24, 2.45) is 0 Å². The molecule has 0 fully saturated rings. The summed E-state index contributed by atoms with van der Waals surface area (Å²) in [7, 11) is 0. The van der Waals surface area contributed by atoms with E-state index < -0.39 is 0 Å². The number of aromatic nitrogens is 5. The van der Waals surface area contributed by atoms with Gasteiger partial charge in [0.05, 0.1) is 23.8 Å². The van der Waals surface area contributed by atoms with Crippen LogP contribution in [0.4, 0.5) is 5.82 Å². The van der Waals surface area contributed by atoms with Crippen molar-refractivity contribution in [1.29, 1.82) is 0 Å². The van der Waals surface area contributed by atoms with Gasteiger partial charge in [0.15, 0.2) is 0 Å². The molecule has 0 aliphatic rings. The third-order valence-electron chi connectivity index (χ3n) is 2.47. The summed E-state index contributed by atoms with van der Waals surface area (Å²) in [5.74, 6) is 0.474. The van der Waals surface area contributed by atoms with Crippen molar-refractivity contribution >= 4 is 21.7 Å². The Hall–Kier alpha value is -2.15. The maximum atomic E-state index is 5.64. The van der Waals surface area contributed by atoms with Crippen molar-refractivity contribution < 1.29 is 0 Å². The zero-order valence-electron chi connectivity index (χ0n) is 9.23. The first kappa shape index (κ1) is 11.0. The molecule has 7 heteroatoms. The molecule has 0 amide bonds. The fourth-order valence-electron chi connectivity index (χ4n) is 1.65. The van der Waals surface area contributed by atoms with E-state index in [0.29, 0.717) is 5.82 Å². The number of rotatable bonds is 2. The summed E-state index contributed by atoms with van der Waals surface area (Å²) in [5, 5.41) is 11.9. The molecule has 0 aliphatic carbocycles. The Labute approximate surface area is 111 Å². The average molecular weight is 305 g/mol. The zero-order valence-corrected chi connectivity index (χ0v) is 10.8.